The highest BCUT2D eigenvalue weighted by Gasteiger charge is 2.06. The highest BCUT2D eigenvalue weighted by molar-refractivity contribution is 8.13. The zero-order valence-electron chi connectivity index (χ0n) is 10.1. The lowest BCUT2D eigenvalue weighted by Crippen LogP contribution is -2.04. The van der Waals surface area contributed by atoms with Crippen LogP contribution in [0.2, 0.25) is 0 Å². The smallest absolute Gasteiger partial charge is 0.151 e. The average Bonchev–Trinajstić information content (AvgIpc) is 2.36. The summed E-state index contributed by atoms with van der Waals surface area (Å²) in [5, 5.41) is 17.2. The molecule has 0 fully saturated rings. The molecule has 1 heterocycles. The molecule has 0 amide bonds. The molecule has 1 aromatic heterocycles. The molecule has 4 nitrogen and oxygen atoms in total. The van der Waals surface area contributed by atoms with Gasteiger partial charge in [0, 0.05) is 11.1 Å². The number of halogens is 1. The van der Waals surface area contributed by atoms with Crippen molar-refractivity contribution in [2.45, 2.75) is 12.2 Å². The van der Waals surface area contributed by atoms with Gasteiger partial charge in [0.05, 0.1) is 23.7 Å². The molecule has 1 aromatic carbocycles. The predicted octanol–water partition coefficient (Wildman–Crippen LogP) is 2.85. The van der Waals surface area contributed by atoms with Gasteiger partial charge in [0.25, 0.3) is 0 Å². The number of amidine groups is 1. The summed E-state index contributed by atoms with van der Waals surface area (Å²) >= 11 is 1.28. The molecular weight excluding hydrogens is 280 g/mol. The van der Waals surface area contributed by atoms with Crippen molar-refractivity contribution in [2.24, 2.45) is 5.73 Å². The predicted molar refractivity (Wildman–Crippen MR) is 81.5 cm³/mol. The molecule has 0 atom stereocenters. The SMILES string of the molecule is Cl.N#CCc1cc(CSC(=N)N)c2ccccc2n1. The third-order valence-electron chi connectivity index (χ3n) is 2.50. The lowest BCUT2D eigenvalue weighted by atomic mass is 10.1. The van der Waals surface area contributed by atoms with E-state index in [1.165, 1.54) is 11.8 Å². The Labute approximate surface area is 121 Å². The van der Waals surface area contributed by atoms with E-state index in [0.29, 0.717) is 12.2 Å². The minimum atomic E-state index is 0. The Morgan fingerprint density at radius 2 is 2.16 bits per heavy atom. The third kappa shape index (κ3) is 3.85. The Morgan fingerprint density at radius 3 is 2.84 bits per heavy atom. The second kappa shape index (κ2) is 6.98. The normalized spacial score (nSPS) is 9.63. The van der Waals surface area contributed by atoms with E-state index < -0.39 is 0 Å². The minimum Gasteiger partial charge on any atom is -0.379 e. The largest absolute Gasteiger partial charge is 0.379 e. The Balaban J connectivity index is 0.00000180. The van der Waals surface area contributed by atoms with E-state index in [4.69, 9.17) is 16.4 Å². The number of pyridine rings is 1. The zero-order chi connectivity index (χ0) is 13.0. The van der Waals surface area contributed by atoms with Crippen LogP contribution in [0.4, 0.5) is 0 Å². The van der Waals surface area contributed by atoms with Gasteiger partial charge in [0.15, 0.2) is 5.17 Å². The molecule has 19 heavy (non-hydrogen) atoms. The molecule has 0 saturated carbocycles. The van der Waals surface area contributed by atoms with Crippen molar-refractivity contribution in [1.29, 1.82) is 10.7 Å². The van der Waals surface area contributed by atoms with Crippen LogP contribution >= 0.6 is 24.2 Å². The third-order valence-corrected chi connectivity index (χ3v) is 3.26. The molecular formula is C13H13ClN4S. The van der Waals surface area contributed by atoms with Crippen molar-refractivity contribution in [3.63, 3.8) is 0 Å². The van der Waals surface area contributed by atoms with Crippen molar-refractivity contribution >= 4 is 40.2 Å². The van der Waals surface area contributed by atoms with Gasteiger partial charge in [-0.2, -0.15) is 5.26 Å². The van der Waals surface area contributed by atoms with Gasteiger partial charge in [-0.05, 0) is 17.7 Å². The van der Waals surface area contributed by atoms with E-state index in [2.05, 4.69) is 11.1 Å². The molecule has 0 aliphatic heterocycles. The van der Waals surface area contributed by atoms with Crippen molar-refractivity contribution in [3.8, 4) is 6.07 Å². The first-order valence-corrected chi connectivity index (χ1v) is 6.40. The number of thioether (sulfide) groups is 1. The van der Waals surface area contributed by atoms with E-state index >= 15 is 0 Å². The van der Waals surface area contributed by atoms with E-state index in [1.807, 2.05) is 30.3 Å². The lowest BCUT2D eigenvalue weighted by Gasteiger charge is -2.07. The summed E-state index contributed by atoms with van der Waals surface area (Å²) in [6.07, 6.45) is 0.294. The Morgan fingerprint density at radius 1 is 1.42 bits per heavy atom. The lowest BCUT2D eigenvalue weighted by molar-refractivity contribution is 1.13. The van der Waals surface area contributed by atoms with Gasteiger partial charge in [-0.15, -0.1) is 12.4 Å². The Bertz CT molecular complexity index is 636. The summed E-state index contributed by atoms with van der Waals surface area (Å²) in [5.41, 5.74) is 8.06. The number of para-hydroxylation sites is 1. The highest BCUT2D eigenvalue weighted by Crippen LogP contribution is 2.22. The quantitative estimate of drug-likeness (QED) is 0.673. The van der Waals surface area contributed by atoms with Crippen molar-refractivity contribution in [2.75, 3.05) is 0 Å². The monoisotopic (exact) mass is 292 g/mol. The molecule has 0 bridgehead atoms. The highest BCUT2D eigenvalue weighted by atomic mass is 35.5. The molecule has 6 heteroatoms. The second-order valence-corrected chi connectivity index (χ2v) is 4.79. The van der Waals surface area contributed by atoms with Crippen LogP contribution in [0.15, 0.2) is 30.3 Å². The van der Waals surface area contributed by atoms with Crippen LogP contribution < -0.4 is 5.73 Å². The molecule has 2 aromatic rings. The molecule has 0 aliphatic carbocycles. The fourth-order valence-electron chi connectivity index (χ4n) is 1.76. The van der Waals surface area contributed by atoms with Gasteiger partial charge in [-0.3, -0.25) is 10.4 Å². The minimum absolute atomic E-state index is 0. The van der Waals surface area contributed by atoms with Gasteiger partial charge in [-0.1, -0.05) is 30.0 Å². The molecule has 3 N–H and O–H groups in total. The fraction of sp³-hybridized carbons (Fsp3) is 0.154. The summed E-state index contributed by atoms with van der Waals surface area (Å²) in [4.78, 5) is 4.44. The zero-order valence-corrected chi connectivity index (χ0v) is 11.7. The number of aromatic nitrogens is 1. The van der Waals surface area contributed by atoms with Crippen molar-refractivity contribution in [1.82, 2.24) is 4.98 Å². The first kappa shape index (κ1) is 15.3. The number of benzene rings is 1. The van der Waals surface area contributed by atoms with E-state index in [1.54, 1.807) is 0 Å². The van der Waals surface area contributed by atoms with Crippen LogP contribution in [0.5, 0.6) is 0 Å². The van der Waals surface area contributed by atoms with Crippen LogP contribution in [0.25, 0.3) is 10.9 Å². The molecule has 0 aliphatic rings. The summed E-state index contributed by atoms with van der Waals surface area (Å²) in [6, 6.07) is 11.8. The number of rotatable bonds is 3. The van der Waals surface area contributed by atoms with Crippen LogP contribution in [0.3, 0.4) is 0 Å². The standard InChI is InChI=1S/C13H12N4S.ClH/c14-6-5-10-7-9(8-18-13(15)16)11-3-1-2-4-12(11)17-10;/h1-4,7H,5,8H2,(H3,15,16);1H. The molecule has 98 valence electrons. The van der Waals surface area contributed by atoms with Gasteiger partial charge < -0.3 is 5.73 Å². The van der Waals surface area contributed by atoms with Crippen LogP contribution in [-0.2, 0) is 12.2 Å². The van der Waals surface area contributed by atoms with Crippen molar-refractivity contribution in [3.05, 3.63) is 41.6 Å². The Hall–Kier alpha value is -1.77. The topological polar surface area (TPSA) is 86.5 Å². The van der Waals surface area contributed by atoms with E-state index in [-0.39, 0.29) is 17.6 Å². The first-order chi connectivity index (χ1) is 8.70. The fourth-order valence-corrected chi connectivity index (χ4v) is 2.30. The van der Waals surface area contributed by atoms with Crippen molar-refractivity contribution < 1.29 is 0 Å². The van der Waals surface area contributed by atoms with Crippen LogP contribution in [0.1, 0.15) is 11.3 Å². The molecule has 2 rings (SSSR count). The number of nitriles is 1. The van der Waals surface area contributed by atoms with E-state index in [0.717, 1.165) is 22.2 Å². The number of fused-ring (bicyclic) bond motifs is 1. The maximum atomic E-state index is 8.75. The van der Waals surface area contributed by atoms with Crippen LogP contribution in [-0.4, -0.2) is 10.2 Å². The maximum absolute atomic E-state index is 8.75. The Kier molecular flexibility index (Phi) is 5.61. The molecule has 0 spiro atoms. The van der Waals surface area contributed by atoms with E-state index in [9.17, 15) is 0 Å². The van der Waals surface area contributed by atoms with Gasteiger partial charge in [0.2, 0.25) is 0 Å². The molecule has 0 unspecified atom stereocenters. The number of hydrogen-bond donors (Lipinski definition) is 2. The second-order valence-electron chi connectivity index (χ2n) is 3.78. The maximum Gasteiger partial charge on any atom is 0.151 e. The van der Waals surface area contributed by atoms with Gasteiger partial charge in [0.1, 0.15) is 0 Å². The number of nitrogens with two attached hydrogens (primary N) is 1. The summed E-state index contributed by atoms with van der Waals surface area (Å²) in [6.45, 7) is 0. The van der Waals surface area contributed by atoms with Gasteiger partial charge >= 0.3 is 0 Å². The summed E-state index contributed by atoms with van der Waals surface area (Å²) in [5.74, 6) is 0.622. The number of nitrogens with one attached hydrogen (secondary N) is 1. The molecule has 0 radical (unpaired) electrons. The number of nitrogens with zero attached hydrogens (tertiary/aromatic N) is 2. The van der Waals surface area contributed by atoms with Crippen LogP contribution in [0, 0.1) is 16.7 Å². The summed E-state index contributed by atoms with van der Waals surface area (Å²) < 4.78 is 0. The molecule has 0 saturated heterocycles. The average molecular weight is 293 g/mol. The number of hydrogen-bond acceptors (Lipinski definition) is 4. The first-order valence-electron chi connectivity index (χ1n) is 5.42. The van der Waals surface area contributed by atoms with Gasteiger partial charge in [-0.25, -0.2) is 0 Å². The summed E-state index contributed by atoms with van der Waals surface area (Å²) in [7, 11) is 0.